The van der Waals surface area contributed by atoms with Crippen molar-refractivity contribution in [1.29, 1.82) is 0 Å². The molecule has 1 atom stereocenters. The monoisotopic (exact) mass is 393 g/mol. The molecule has 0 aliphatic carbocycles. The van der Waals surface area contributed by atoms with Gasteiger partial charge in [0.2, 0.25) is 0 Å². The molecule has 1 aromatic carbocycles. The van der Waals surface area contributed by atoms with E-state index in [4.69, 9.17) is 16.3 Å². The molecule has 0 bridgehead atoms. The number of ether oxygens (including phenoxy) is 1. The summed E-state index contributed by atoms with van der Waals surface area (Å²) in [5.41, 5.74) is 3.22. The molecule has 1 aliphatic rings. The minimum absolute atomic E-state index is 0.0127. The molecule has 0 aromatic heterocycles. The Morgan fingerprint density at radius 2 is 2.11 bits per heavy atom. The lowest BCUT2D eigenvalue weighted by atomic mass is 9.85. The smallest absolute Gasteiger partial charge is 0.170 e. The first-order valence-electron chi connectivity index (χ1n) is 9.39. The molecule has 3 nitrogen and oxygen atoms in total. The van der Waals surface area contributed by atoms with Gasteiger partial charge in [0.15, 0.2) is 5.78 Å². The van der Waals surface area contributed by atoms with Crippen molar-refractivity contribution in [3.05, 3.63) is 52.4 Å². The summed E-state index contributed by atoms with van der Waals surface area (Å²) < 4.78 is 19.1. The number of aliphatic imine (C=N–C) groups is 1. The van der Waals surface area contributed by atoms with Crippen LogP contribution in [0.25, 0.3) is 0 Å². The zero-order valence-corrected chi connectivity index (χ0v) is 17.6. The third-order valence-electron chi connectivity index (χ3n) is 4.42. The zero-order chi connectivity index (χ0) is 20.4. The van der Waals surface area contributed by atoms with Crippen LogP contribution in [0.15, 0.2) is 46.0 Å². The summed E-state index contributed by atoms with van der Waals surface area (Å²) in [5.74, 6) is -0.0270. The molecule has 1 heterocycles. The van der Waals surface area contributed by atoms with Gasteiger partial charge in [-0.3, -0.25) is 9.79 Å². The van der Waals surface area contributed by atoms with Crippen LogP contribution in [0.5, 0.6) is 5.75 Å². The van der Waals surface area contributed by atoms with Crippen molar-refractivity contribution >= 4 is 23.6 Å². The number of carbonyl (C=O) groups is 1. The van der Waals surface area contributed by atoms with Crippen LogP contribution >= 0.6 is 11.6 Å². The highest BCUT2D eigenvalue weighted by Gasteiger charge is 2.29. The molecule has 1 unspecified atom stereocenters. The molecule has 0 saturated carbocycles. The lowest BCUT2D eigenvalue weighted by Crippen LogP contribution is -2.30. The Kier molecular flexibility index (Phi) is 10.0. The van der Waals surface area contributed by atoms with E-state index in [0.29, 0.717) is 24.4 Å². The normalized spacial score (nSPS) is 17.4. The average molecular weight is 394 g/mol. The Morgan fingerprint density at radius 3 is 2.70 bits per heavy atom. The van der Waals surface area contributed by atoms with Gasteiger partial charge in [-0.25, -0.2) is 4.39 Å². The first kappa shape index (κ1) is 23.1. The lowest BCUT2D eigenvalue weighted by molar-refractivity contribution is -0.120. The molecule has 0 N–H and O–H groups in total. The number of benzene rings is 1. The number of hydrogen-bond donors (Lipinski definition) is 0. The van der Waals surface area contributed by atoms with E-state index in [1.807, 2.05) is 34.6 Å². The largest absolute Gasteiger partial charge is 0.493 e. The van der Waals surface area contributed by atoms with Crippen LogP contribution < -0.4 is 4.74 Å². The van der Waals surface area contributed by atoms with E-state index in [0.717, 1.165) is 23.1 Å². The summed E-state index contributed by atoms with van der Waals surface area (Å²) in [6, 6.07) is 4.56. The summed E-state index contributed by atoms with van der Waals surface area (Å²) in [6.45, 7) is 10.1. The van der Waals surface area contributed by atoms with E-state index in [9.17, 15) is 9.18 Å². The van der Waals surface area contributed by atoms with E-state index in [2.05, 4.69) is 4.99 Å². The first-order chi connectivity index (χ1) is 13.0. The molecule has 0 radical (unpaired) electrons. The SMILES string of the molecule is CC.C\C=C(C(=O)C1COc2ccc(F)cc2C1)/C(/C=N\CCl)=C(/C)CC. The Bertz CT molecular complexity index is 738. The van der Waals surface area contributed by atoms with Gasteiger partial charge in [0.05, 0.1) is 12.5 Å². The number of hydrogen-bond acceptors (Lipinski definition) is 3. The van der Waals surface area contributed by atoms with Gasteiger partial charge in [-0.15, -0.1) is 11.6 Å². The van der Waals surface area contributed by atoms with Crippen LogP contribution in [0, 0.1) is 11.7 Å². The number of halogens is 2. The van der Waals surface area contributed by atoms with E-state index < -0.39 is 0 Å². The second kappa shape index (κ2) is 11.7. The Labute approximate surface area is 167 Å². The Balaban J connectivity index is 0.00000176. The number of allylic oxidation sites excluding steroid dienone is 4. The van der Waals surface area contributed by atoms with Crippen molar-refractivity contribution in [3.63, 3.8) is 0 Å². The van der Waals surface area contributed by atoms with E-state index >= 15 is 0 Å². The van der Waals surface area contributed by atoms with Gasteiger partial charge >= 0.3 is 0 Å². The third-order valence-corrected chi connectivity index (χ3v) is 4.56. The van der Waals surface area contributed by atoms with Crippen molar-refractivity contribution in [2.24, 2.45) is 10.9 Å². The molecule has 27 heavy (non-hydrogen) atoms. The summed E-state index contributed by atoms with van der Waals surface area (Å²) in [7, 11) is 0. The van der Waals surface area contributed by atoms with Crippen molar-refractivity contribution in [2.45, 2.75) is 47.5 Å². The number of ketones is 1. The van der Waals surface area contributed by atoms with Crippen LogP contribution in [0.2, 0.25) is 0 Å². The predicted octanol–water partition coefficient (Wildman–Crippen LogP) is 5.91. The van der Waals surface area contributed by atoms with Gasteiger partial charge in [0, 0.05) is 17.4 Å². The number of rotatable bonds is 6. The molecule has 0 amide bonds. The van der Waals surface area contributed by atoms with Gasteiger partial charge in [0.25, 0.3) is 0 Å². The van der Waals surface area contributed by atoms with Gasteiger partial charge < -0.3 is 4.74 Å². The molecular weight excluding hydrogens is 365 g/mol. The van der Waals surface area contributed by atoms with Crippen LogP contribution in [-0.4, -0.2) is 24.6 Å². The maximum atomic E-state index is 13.5. The van der Waals surface area contributed by atoms with Crippen LogP contribution in [0.1, 0.15) is 46.6 Å². The second-order valence-corrected chi connectivity index (χ2v) is 6.25. The lowest BCUT2D eigenvalue weighted by Gasteiger charge is -2.25. The fourth-order valence-corrected chi connectivity index (χ4v) is 2.98. The molecule has 0 fully saturated rings. The van der Waals surface area contributed by atoms with Crippen molar-refractivity contribution in [2.75, 3.05) is 12.6 Å². The Morgan fingerprint density at radius 1 is 1.41 bits per heavy atom. The molecule has 2 rings (SSSR count). The Hall–Kier alpha value is -1.94. The fourth-order valence-electron chi connectivity index (χ4n) is 2.91. The summed E-state index contributed by atoms with van der Waals surface area (Å²) in [6.07, 6.45) is 4.74. The van der Waals surface area contributed by atoms with E-state index in [1.165, 1.54) is 12.1 Å². The predicted molar refractivity (Wildman–Crippen MR) is 111 cm³/mol. The molecule has 1 aliphatic heterocycles. The number of alkyl halides is 1. The van der Waals surface area contributed by atoms with Gasteiger partial charge in [-0.1, -0.05) is 32.4 Å². The fraction of sp³-hybridized carbons (Fsp3) is 0.455. The minimum Gasteiger partial charge on any atom is -0.493 e. The highest BCUT2D eigenvalue weighted by atomic mass is 35.5. The van der Waals surface area contributed by atoms with E-state index in [-0.39, 0.29) is 23.5 Å². The molecule has 1 aromatic rings. The zero-order valence-electron chi connectivity index (χ0n) is 16.8. The maximum absolute atomic E-state index is 13.5. The van der Waals surface area contributed by atoms with Crippen LogP contribution in [-0.2, 0) is 11.2 Å². The second-order valence-electron chi connectivity index (χ2n) is 6.01. The van der Waals surface area contributed by atoms with Crippen molar-refractivity contribution in [1.82, 2.24) is 0 Å². The standard InChI is InChI=1S/C20H23ClFNO2.C2H6/c1-4-13(3)18(10-23-12-21)17(5-2)20(24)15-8-14-9-16(22)6-7-19(14)25-11-15;1-2/h5-7,9-10,15H,4,8,11-12H2,1-3H3;1-2H3/b17-5+,18-13-,23-10-;. The molecule has 0 saturated heterocycles. The summed E-state index contributed by atoms with van der Waals surface area (Å²) in [4.78, 5) is 17.2. The molecular formula is C22H29ClFNO2. The van der Waals surface area contributed by atoms with Crippen LogP contribution in [0.4, 0.5) is 4.39 Å². The van der Waals surface area contributed by atoms with Crippen molar-refractivity contribution < 1.29 is 13.9 Å². The molecule has 5 heteroatoms. The third kappa shape index (κ3) is 6.03. The number of nitrogens with zero attached hydrogens (tertiary/aromatic N) is 1. The molecule has 0 spiro atoms. The highest BCUT2D eigenvalue weighted by Crippen LogP contribution is 2.31. The number of fused-ring (bicyclic) bond motifs is 1. The van der Waals surface area contributed by atoms with E-state index in [1.54, 1.807) is 18.4 Å². The minimum atomic E-state index is -0.343. The average Bonchev–Trinajstić information content (AvgIpc) is 2.71. The maximum Gasteiger partial charge on any atom is 0.170 e. The van der Waals surface area contributed by atoms with Gasteiger partial charge in [-0.05, 0) is 50.5 Å². The summed E-state index contributed by atoms with van der Waals surface area (Å²) >= 11 is 5.66. The van der Waals surface area contributed by atoms with Crippen LogP contribution in [0.3, 0.4) is 0 Å². The van der Waals surface area contributed by atoms with Gasteiger partial charge in [0.1, 0.15) is 17.6 Å². The highest BCUT2D eigenvalue weighted by molar-refractivity contribution is 6.18. The number of Topliss-reactive ketones (excluding diaryl/α,β-unsaturated/α-hetero) is 1. The number of carbonyl (C=O) groups excluding carboxylic acids is 1. The molecule has 148 valence electrons. The first-order valence-corrected chi connectivity index (χ1v) is 9.92. The van der Waals surface area contributed by atoms with Crippen molar-refractivity contribution in [3.8, 4) is 5.75 Å². The summed E-state index contributed by atoms with van der Waals surface area (Å²) in [5, 5.41) is 0. The quantitative estimate of drug-likeness (QED) is 0.198. The van der Waals surface area contributed by atoms with Gasteiger partial charge in [-0.2, -0.15) is 0 Å². The topological polar surface area (TPSA) is 38.7 Å².